The van der Waals surface area contributed by atoms with Gasteiger partial charge in [0.15, 0.2) is 0 Å². The van der Waals surface area contributed by atoms with Crippen molar-refractivity contribution in [1.29, 1.82) is 0 Å². The average Bonchev–Trinajstić information content (AvgIpc) is 2.12. The third-order valence-corrected chi connectivity index (χ3v) is 2.60. The van der Waals surface area contributed by atoms with Crippen LogP contribution in [0.1, 0.15) is 12.8 Å². The molecule has 1 rings (SSSR count). The van der Waals surface area contributed by atoms with Crippen LogP contribution in [-0.2, 0) is 4.79 Å². The molecule has 0 aromatic carbocycles. The van der Waals surface area contributed by atoms with Gasteiger partial charge in [0.25, 0.3) is 5.91 Å². The molecule has 0 spiro atoms. The van der Waals surface area contributed by atoms with Gasteiger partial charge in [-0.3, -0.25) is 10.5 Å². The summed E-state index contributed by atoms with van der Waals surface area (Å²) in [5.41, 5.74) is 6.72. The molecule has 1 aliphatic rings. The SMILES string of the molecule is [NH]C(=O)C1CCCS1. The summed E-state index contributed by atoms with van der Waals surface area (Å²) in [6.07, 6.45) is 2.03. The van der Waals surface area contributed by atoms with E-state index in [0.29, 0.717) is 0 Å². The van der Waals surface area contributed by atoms with Crippen LogP contribution < -0.4 is 5.73 Å². The highest BCUT2D eigenvalue weighted by Crippen LogP contribution is 2.25. The van der Waals surface area contributed by atoms with Crippen LogP contribution in [0.2, 0.25) is 0 Å². The van der Waals surface area contributed by atoms with E-state index in [1.54, 1.807) is 11.8 Å². The molecule has 1 N–H and O–H groups in total. The number of hydrogen-bond donors (Lipinski definition) is 0. The van der Waals surface area contributed by atoms with E-state index in [9.17, 15) is 4.79 Å². The summed E-state index contributed by atoms with van der Waals surface area (Å²) >= 11 is 1.61. The van der Waals surface area contributed by atoms with Crippen molar-refractivity contribution >= 4 is 17.7 Å². The number of amides is 1. The van der Waals surface area contributed by atoms with Gasteiger partial charge in [0.1, 0.15) is 0 Å². The lowest BCUT2D eigenvalue weighted by Crippen LogP contribution is -2.13. The maximum absolute atomic E-state index is 10.3. The quantitative estimate of drug-likeness (QED) is 0.524. The van der Waals surface area contributed by atoms with Crippen molar-refractivity contribution in [2.24, 2.45) is 0 Å². The molecule has 1 radical (unpaired) electrons. The molecule has 0 aromatic rings. The normalized spacial score (nSPS) is 28.2. The lowest BCUT2D eigenvalue weighted by molar-refractivity contribution is -0.118. The Morgan fingerprint density at radius 3 is 2.75 bits per heavy atom. The van der Waals surface area contributed by atoms with Gasteiger partial charge in [-0.15, -0.1) is 11.8 Å². The van der Waals surface area contributed by atoms with Crippen molar-refractivity contribution in [2.75, 3.05) is 5.75 Å². The zero-order valence-corrected chi connectivity index (χ0v) is 5.33. The van der Waals surface area contributed by atoms with Crippen LogP contribution in [0.3, 0.4) is 0 Å². The van der Waals surface area contributed by atoms with Gasteiger partial charge >= 0.3 is 0 Å². The van der Waals surface area contributed by atoms with E-state index in [0.717, 1.165) is 18.6 Å². The Morgan fingerprint density at radius 1 is 1.75 bits per heavy atom. The minimum atomic E-state index is -0.396. The fraction of sp³-hybridized carbons (Fsp3) is 0.800. The summed E-state index contributed by atoms with van der Waals surface area (Å²) in [5, 5.41) is 0.00926. The second-order valence-corrected chi connectivity index (χ2v) is 3.18. The van der Waals surface area contributed by atoms with Crippen molar-refractivity contribution in [3.05, 3.63) is 0 Å². The van der Waals surface area contributed by atoms with Gasteiger partial charge in [-0.05, 0) is 18.6 Å². The molecule has 0 bridgehead atoms. The fourth-order valence-corrected chi connectivity index (χ4v) is 1.89. The van der Waals surface area contributed by atoms with Gasteiger partial charge in [-0.1, -0.05) is 0 Å². The summed E-state index contributed by atoms with van der Waals surface area (Å²) in [6, 6.07) is 0. The van der Waals surface area contributed by atoms with E-state index in [-0.39, 0.29) is 5.25 Å². The summed E-state index contributed by atoms with van der Waals surface area (Å²) in [6.45, 7) is 0. The van der Waals surface area contributed by atoms with Crippen LogP contribution >= 0.6 is 11.8 Å². The smallest absolute Gasteiger partial charge is 0.251 e. The van der Waals surface area contributed by atoms with E-state index in [1.807, 2.05) is 0 Å². The number of hydrogen-bond acceptors (Lipinski definition) is 2. The molecule has 2 nitrogen and oxygen atoms in total. The highest BCUT2D eigenvalue weighted by atomic mass is 32.2. The molecular weight excluding hydrogens is 122 g/mol. The van der Waals surface area contributed by atoms with Crippen molar-refractivity contribution < 1.29 is 4.79 Å². The van der Waals surface area contributed by atoms with Gasteiger partial charge in [0.05, 0.1) is 5.25 Å². The van der Waals surface area contributed by atoms with Crippen LogP contribution in [0, 0.1) is 0 Å². The van der Waals surface area contributed by atoms with E-state index >= 15 is 0 Å². The van der Waals surface area contributed by atoms with Gasteiger partial charge in [-0.25, -0.2) is 0 Å². The average molecular weight is 130 g/mol. The predicted molar refractivity (Wildman–Crippen MR) is 33.6 cm³/mol. The Bertz CT molecular complexity index is 98.6. The molecule has 1 amide bonds. The molecule has 0 saturated carbocycles. The highest BCUT2D eigenvalue weighted by Gasteiger charge is 2.20. The van der Waals surface area contributed by atoms with E-state index in [2.05, 4.69) is 0 Å². The lowest BCUT2D eigenvalue weighted by Gasteiger charge is -1.97. The van der Waals surface area contributed by atoms with Crippen LogP contribution in [0.5, 0.6) is 0 Å². The highest BCUT2D eigenvalue weighted by molar-refractivity contribution is 8.00. The summed E-state index contributed by atoms with van der Waals surface area (Å²) in [4.78, 5) is 10.3. The van der Waals surface area contributed by atoms with Crippen molar-refractivity contribution in [3.8, 4) is 0 Å². The molecule has 1 fully saturated rings. The minimum Gasteiger partial charge on any atom is -0.272 e. The minimum absolute atomic E-state index is 0.00926. The third-order valence-electron chi connectivity index (χ3n) is 1.22. The second kappa shape index (κ2) is 2.40. The zero-order valence-electron chi connectivity index (χ0n) is 4.52. The summed E-state index contributed by atoms with van der Waals surface area (Å²) in [5.74, 6) is 0.669. The molecule has 1 heterocycles. The molecule has 3 heteroatoms. The Balaban J connectivity index is 2.35. The maximum Gasteiger partial charge on any atom is 0.251 e. The van der Waals surface area contributed by atoms with E-state index in [4.69, 9.17) is 5.73 Å². The van der Waals surface area contributed by atoms with E-state index < -0.39 is 5.91 Å². The fourth-order valence-electron chi connectivity index (χ4n) is 0.784. The van der Waals surface area contributed by atoms with Crippen LogP contribution in [0.15, 0.2) is 0 Å². The van der Waals surface area contributed by atoms with Crippen molar-refractivity contribution in [1.82, 2.24) is 5.73 Å². The number of rotatable bonds is 1. The number of carbonyl (C=O) groups is 1. The van der Waals surface area contributed by atoms with Crippen molar-refractivity contribution in [3.63, 3.8) is 0 Å². The Labute approximate surface area is 52.8 Å². The standard InChI is InChI=1S/C5H8NOS/c6-5(7)4-2-1-3-8-4/h4,6H,1-3H2. The zero-order chi connectivity index (χ0) is 5.98. The van der Waals surface area contributed by atoms with E-state index in [1.165, 1.54) is 0 Å². The lowest BCUT2D eigenvalue weighted by atomic mass is 10.2. The predicted octanol–water partition coefficient (Wildman–Crippen LogP) is 0.692. The van der Waals surface area contributed by atoms with Crippen LogP contribution in [-0.4, -0.2) is 16.9 Å². The molecule has 1 saturated heterocycles. The Kier molecular flexibility index (Phi) is 1.78. The molecule has 0 aromatic heterocycles. The van der Waals surface area contributed by atoms with Gasteiger partial charge in [0, 0.05) is 0 Å². The van der Waals surface area contributed by atoms with Gasteiger partial charge < -0.3 is 0 Å². The number of thioether (sulfide) groups is 1. The van der Waals surface area contributed by atoms with Gasteiger partial charge in [-0.2, -0.15) is 0 Å². The Hall–Kier alpha value is -0.180. The molecular formula is C5H8NOS. The van der Waals surface area contributed by atoms with Crippen LogP contribution in [0.4, 0.5) is 0 Å². The van der Waals surface area contributed by atoms with Crippen molar-refractivity contribution in [2.45, 2.75) is 18.1 Å². The molecule has 1 aliphatic heterocycles. The molecule has 0 aliphatic carbocycles. The molecule has 8 heavy (non-hydrogen) atoms. The summed E-state index contributed by atoms with van der Waals surface area (Å²) in [7, 11) is 0. The van der Waals surface area contributed by atoms with Gasteiger partial charge in [0.2, 0.25) is 0 Å². The first-order valence-corrected chi connectivity index (χ1v) is 3.72. The number of carbonyl (C=O) groups excluding carboxylic acids is 1. The third kappa shape index (κ3) is 1.15. The number of nitrogens with one attached hydrogen (secondary N) is 1. The largest absolute Gasteiger partial charge is 0.272 e. The topological polar surface area (TPSA) is 40.9 Å². The molecule has 45 valence electrons. The molecule has 1 unspecified atom stereocenters. The first kappa shape index (κ1) is 5.95. The molecule has 1 atom stereocenters. The first-order chi connectivity index (χ1) is 3.80. The Morgan fingerprint density at radius 2 is 2.50 bits per heavy atom. The van der Waals surface area contributed by atoms with Crippen LogP contribution in [0.25, 0.3) is 0 Å². The first-order valence-electron chi connectivity index (χ1n) is 2.68. The monoisotopic (exact) mass is 130 g/mol. The summed E-state index contributed by atoms with van der Waals surface area (Å²) < 4.78 is 0. The maximum atomic E-state index is 10.3. The second-order valence-electron chi connectivity index (χ2n) is 1.87.